The van der Waals surface area contributed by atoms with E-state index in [0.29, 0.717) is 30.7 Å². The highest BCUT2D eigenvalue weighted by atomic mass is 16.5. The Morgan fingerprint density at radius 2 is 1.84 bits per heavy atom. The first-order valence-corrected chi connectivity index (χ1v) is 11.1. The molecule has 164 valence electrons. The van der Waals surface area contributed by atoms with Crippen molar-refractivity contribution in [2.75, 3.05) is 13.1 Å². The predicted molar refractivity (Wildman–Crippen MR) is 122 cm³/mol. The van der Waals surface area contributed by atoms with Gasteiger partial charge in [-0.25, -0.2) is 0 Å². The van der Waals surface area contributed by atoms with Crippen LogP contribution in [0.3, 0.4) is 0 Å². The summed E-state index contributed by atoms with van der Waals surface area (Å²) in [6.07, 6.45) is 3.48. The number of carbonyl (C=O) groups is 1. The van der Waals surface area contributed by atoms with Crippen LogP contribution in [-0.4, -0.2) is 43.8 Å². The number of nitrogens with zero attached hydrogens (tertiary/aromatic N) is 5. The molecule has 3 heterocycles. The van der Waals surface area contributed by atoms with E-state index in [0.717, 1.165) is 34.9 Å². The van der Waals surface area contributed by atoms with E-state index < -0.39 is 0 Å². The van der Waals surface area contributed by atoms with Gasteiger partial charge in [0.2, 0.25) is 11.7 Å². The van der Waals surface area contributed by atoms with Crippen molar-refractivity contribution < 1.29 is 9.32 Å². The van der Waals surface area contributed by atoms with Gasteiger partial charge in [-0.2, -0.15) is 10.1 Å². The first kappa shape index (κ1) is 20.4. The first-order valence-electron chi connectivity index (χ1n) is 11.1. The van der Waals surface area contributed by atoms with E-state index in [9.17, 15) is 4.79 Å². The average molecular weight is 430 g/mol. The predicted octanol–water partition coefficient (Wildman–Crippen LogP) is 4.77. The van der Waals surface area contributed by atoms with Gasteiger partial charge >= 0.3 is 0 Å². The Labute approximate surface area is 187 Å². The summed E-state index contributed by atoms with van der Waals surface area (Å²) in [5.74, 6) is 1.96. The molecule has 1 fully saturated rings. The van der Waals surface area contributed by atoms with Crippen molar-refractivity contribution >= 4 is 16.8 Å². The molecule has 1 aliphatic rings. The van der Waals surface area contributed by atoms with Crippen LogP contribution in [0.1, 0.15) is 60.3 Å². The molecule has 32 heavy (non-hydrogen) atoms. The topological polar surface area (TPSA) is 77.1 Å². The van der Waals surface area contributed by atoms with Gasteiger partial charge in [0, 0.05) is 42.6 Å². The van der Waals surface area contributed by atoms with Crippen LogP contribution in [0.5, 0.6) is 0 Å². The third-order valence-corrected chi connectivity index (χ3v) is 6.40. The Kier molecular flexibility index (Phi) is 5.25. The summed E-state index contributed by atoms with van der Waals surface area (Å²) in [6.45, 7) is 5.69. The number of rotatable bonds is 4. The van der Waals surface area contributed by atoms with Gasteiger partial charge in [-0.1, -0.05) is 43.3 Å². The second-order valence-corrected chi connectivity index (χ2v) is 8.84. The molecule has 7 heteroatoms. The van der Waals surface area contributed by atoms with Crippen LogP contribution in [0.15, 0.2) is 53.2 Å². The maximum Gasteiger partial charge on any atom is 0.253 e. The molecule has 7 nitrogen and oxygen atoms in total. The number of amides is 1. The molecule has 1 saturated heterocycles. The fourth-order valence-corrected chi connectivity index (χ4v) is 4.32. The molecule has 0 N–H and O–H groups in total. The van der Waals surface area contributed by atoms with E-state index in [1.807, 2.05) is 65.3 Å². The molecule has 5 rings (SSSR count). The third-order valence-electron chi connectivity index (χ3n) is 6.40. The minimum Gasteiger partial charge on any atom is -0.339 e. The van der Waals surface area contributed by atoms with E-state index in [1.165, 1.54) is 5.56 Å². The molecule has 0 radical (unpaired) electrons. The van der Waals surface area contributed by atoms with Gasteiger partial charge in [-0.3, -0.25) is 9.48 Å². The molecule has 0 saturated carbocycles. The molecule has 0 bridgehead atoms. The average Bonchev–Trinajstić information content (AvgIpc) is 3.46. The number of benzene rings is 2. The second-order valence-electron chi connectivity index (χ2n) is 8.84. The van der Waals surface area contributed by atoms with E-state index >= 15 is 0 Å². The van der Waals surface area contributed by atoms with Crippen LogP contribution >= 0.6 is 0 Å². The fourth-order valence-electron chi connectivity index (χ4n) is 4.32. The van der Waals surface area contributed by atoms with E-state index in [-0.39, 0.29) is 11.8 Å². The molecule has 0 aliphatic carbocycles. The molecule has 0 unspecified atom stereocenters. The number of likely N-dealkylation sites (tertiary alicyclic amines) is 1. The minimum atomic E-state index is 0.0921. The van der Waals surface area contributed by atoms with Crippen molar-refractivity contribution in [1.29, 1.82) is 0 Å². The van der Waals surface area contributed by atoms with Gasteiger partial charge in [0.25, 0.3) is 5.91 Å². The molecule has 1 aliphatic heterocycles. The molecule has 0 spiro atoms. The maximum absolute atomic E-state index is 12.9. The normalized spacial score (nSPS) is 15.1. The van der Waals surface area contributed by atoms with Gasteiger partial charge in [0.1, 0.15) is 0 Å². The van der Waals surface area contributed by atoms with Crippen LogP contribution in [-0.2, 0) is 7.05 Å². The molecular formula is C25H27N5O2. The zero-order valence-electron chi connectivity index (χ0n) is 18.7. The summed E-state index contributed by atoms with van der Waals surface area (Å²) >= 11 is 0. The number of hydrogen-bond donors (Lipinski definition) is 0. The zero-order valence-corrected chi connectivity index (χ0v) is 18.7. The van der Waals surface area contributed by atoms with Gasteiger partial charge in [0.15, 0.2) is 0 Å². The summed E-state index contributed by atoms with van der Waals surface area (Å²) in [7, 11) is 1.92. The fraction of sp³-hybridized carbons (Fsp3) is 0.360. The Balaban J connectivity index is 1.25. The number of hydrogen-bond acceptors (Lipinski definition) is 5. The largest absolute Gasteiger partial charge is 0.339 e. The Bertz CT molecular complexity index is 1250. The highest BCUT2D eigenvalue weighted by molar-refractivity contribution is 5.94. The van der Waals surface area contributed by atoms with Gasteiger partial charge in [0.05, 0.1) is 11.7 Å². The van der Waals surface area contributed by atoms with Crippen LogP contribution in [0, 0.1) is 0 Å². The Morgan fingerprint density at radius 3 is 2.56 bits per heavy atom. The van der Waals surface area contributed by atoms with Crippen molar-refractivity contribution in [3.05, 3.63) is 65.7 Å². The molecule has 4 aromatic rings. The van der Waals surface area contributed by atoms with Crippen molar-refractivity contribution in [3.8, 4) is 11.4 Å². The summed E-state index contributed by atoms with van der Waals surface area (Å²) in [4.78, 5) is 19.5. The van der Waals surface area contributed by atoms with Gasteiger partial charge < -0.3 is 9.42 Å². The van der Waals surface area contributed by atoms with Crippen molar-refractivity contribution in [3.63, 3.8) is 0 Å². The standard InChI is InChI=1S/C25H27N5O2/c1-16(2)17-4-6-19(7-5-17)25(31)30-12-10-18(11-13-30)24-27-23(28-32-24)20-8-9-21-15-26-29(3)22(21)14-20/h4-9,14-16,18H,10-13H2,1-3H3. The van der Waals surface area contributed by atoms with E-state index in [4.69, 9.17) is 4.52 Å². The van der Waals surface area contributed by atoms with Crippen LogP contribution in [0.25, 0.3) is 22.3 Å². The lowest BCUT2D eigenvalue weighted by atomic mass is 9.96. The quantitative estimate of drug-likeness (QED) is 0.467. The van der Waals surface area contributed by atoms with Crippen molar-refractivity contribution in [1.82, 2.24) is 24.8 Å². The minimum absolute atomic E-state index is 0.0921. The van der Waals surface area contributed by atoms with Gasteiger partial charge in [-0.05, 0) is 42.5 Å². The first-order chi connectivity index (χ1) is 15.5. The number of aromatic nitrogens is 4. The van der Waals surface area contributed by atoms with Crippen LogP contribution < -0.4 is 0 Å². The maximum atomic E-state index is 12.9. The molecule has 0 atom stereocenters. The molecular weight excluding hydrogens is 402 g/mol. The van der Waals surface area contributed by atoms with E-state index in [1.54, 1.807) is 0 Å². The third kappa shape index (κ3) is 3.79. The lowest BCUT2D eigenvalue weighted by Gasteiger charge is -2.30. The molecule has 2 aromatic heterocycles. The Morgan fingerprint density at radius 1 is 1.09 bits per heavy atom. The van der Waals surface area contributed by atoms with Crippen molar-refractivity contribution in [2.24, 2.45) is 7.05 Å². The smallest absolute Gasteiger partial charge is 0.253 e. The monoisotopic (exact) mass is 429 g/mol. The Hall–Kier alpha value is -3.48. The zero-order chi connectivity index (χ0) is 22.2. The van der Waals surface area contributed by atoms with E-state index in [2.05, 4.69) is 29.1 Å². The lowest BCUT2D eigenvalue weighted by molar-refractivity contribution is 0.0704. The number of carbonyl (C=O) groups excluding carboxylic acids is 1. The SMILES string of the molecule is CC(C)c1ccc(C(=O)N2CCC(c3nc(-c4ccc5cnn(C)c5c4)no3)CC2)cc1. The van der Waals surface area contributed by atoms with Gasteiger partial charge in [-0.15, -0.1) is 0 Å². The number of fused-ring (bicyclic) bond motifs is 1. The highest BCUT2D eigenvalue weighted by Gasteiger charge is 2.28. The van der Waals surface area contributed by atoms with Crippen molar-refractivity contribution in [2.45, 2.75) is 38.5 Å². The van der Waals surface area contributed by atoms with Crippen LogP contribution in [0.2, 0.25) is 0 Å². The highest BCUT2D eigenvalue weighted by Crippen LogP contribution is 2.30. The molecule has 2 aromatic carbocycles. The number of piperidine rings is 1. The summed E-state index contributed by atoms with van der Waals surface area (Å²) in [6, 6.07) is 14.0. The van der Waals surface area contributed by atoms with Crippen LogP contribution in [0.4, 0.5) is 0 Å². The lowest BCUT2D eigenvalue weighted by Crippen LogP contribution is -2.38. The summed E-state index contributed by atoms with van der Waals surface area (Å²) < 4.78 is 7.45. The molecule has 1 amide bonds. The number of aryl methyl sites for hydroxylation is 1. The summed E-state index contributed by atoms with van der Waals surface area (Å²) in [5.41, 5.74) is 3.93. The second kappa shape index (κ2) is 8.22. The summed E-state index contributed by atoms with van der Waals surface area (Å²) in [5, 5.41) is 9.57.